The highest BCUT2D eigenvalue weighted by Crippen LogP contribution is 2.64. The molecule has 25 heavy (non-hydrogen) atoms. The van der Waals surface area contributed by atoms with Crippen molar-refractivity contribution in [2.75, 3.05) is 0 Å². The van der Waals surface area contributed by atoms with Gasteiger partial charge < -0.3 is 14.9 Å². The van der Waals surface area contributed by atoms with Gasteiger partial charge in [-0.2, -0.15) is 0 Å². The number of rotatable bonds is 1. The van der Waals surface area contributed by atoms with Crippen LogP contribution in [0.2, 0.25) is 0 Å². The largest absolute Gasteiger partial charge is 0.504 e. The van der Waals surface area contributed by atoms with E-state index in [1.54, 1.807) is 6.07 Å². The molecule has 0 aromatic heterocycles. The zero-order chi connectivity index (χ0) is 18.3. The molecule has 5 heteroatoms. The topological polar surface area (TPSA) is 83.8 Å². The molecule has 3 aliphatic rings. The van der Waals surface area contributed by atoms with E-state index in [9.17, 15) is 19.8 Å². The number of esters is 1. The van der Waals surface area contributed by atoms with E-state index in [0.717, 1.165) is 12.8 Å². The van der Waals surface area contributed by atoms with Gasteiger partial charge in [0.2, 0.25) is 5.78 Å². The second-order valence-corrected chi connectivity index (χ2v) is 8.72. The van der Waals surface area contributed by atoms with E-state index in [4.69, 9.17) is 4.74 Å². The summed E-state index contributed by atoms with van der Waals surface area (Å²) in [6.07, 6.45) is 1.45. The molecule has 4 rings (SSSR count). The lowest BCUT2D eigenvalue weighted by atomic mass is 9.49. The van der Waals surface area contributed by atoms with Gasteiger partial charge in [-0.3, -0.25) is 9.59 Å². The Morgan fingerprint density at radius 1 is 1.16 bits per heavy atom. The highest BCUT2D eigenvalue weighted by atomic mass is 16.6. The van der Waals surface area contributed by atoms with Crippen LogP contribution in [0.5, 0.6) is 11.5 Å². The number of hydrogen-bond acceptors (Lipinski definition) is 5. The van der Waals surface area contributed by atoms with E-state index in [2.05, 4.69) is 13.8 Å². The Morgan fingerprint density at radius 2 is 1.84 bits per heavy atom. The van der Waals surface area contributed by atoms with Crippen molar-refractivity contribution in [3.05, 3.63) is 22.8 Å². The number of carbonyl (C=O) groups is 2. The number of phenolic OH excluding ortho intramolecular Hbond substituents is 2. The van der Waals surface area contributed by atoms with Crippen molar-refractivity contribution < 1.29 is 24.5 Å². The van der Waals surface area contributed by atoms with Gasteiger partial charge in [-0.15, -0.1) is 0 Å². The third kappa shape index (κ3) is 1.79. The third-order valence-electron chi connectivity index (χ3n) is 6.56. The normalized spacial score (nSPS) is 32.4. The van der Waals surface area contributed by atoms with E-state index in [1.165, 1.54) is 0 Å². The standard InChI is InChI=1S/C20H24O5/c1-9(2)10-8-11-12(15(23)13(10)21)20-7-5-6-19(3,4)17(20)16(14(11)22)25-18(20)24/h8-9,16-17,21,23H,5-7H2,1-4H3/t16-,17-,20+/m0/s1. The number of aromatic hydroxyl groups is 2. The molecule has 1 saturated carbocycles. The Kier molecular flexibility index (Phi) is 3.14. The minimum Gasteiger partial charge on any atom is -0.504 e. The highest BCUT2D eigenvalue weighted by Gasteiger charge is 2.70. The molecule has 1 saturated heterocycles. The molecule has 2 bridgehead atoms. The van der Waals surface area contributed by atoms with Crippen molar-refractivity contribution in [2.24, 2.45) is 11.3 Å². The summed E-state index contributed by atoms with van der Waals surface area (Å²) in [6.45, 7) is 7.88. The zero-order valence-electron chi connectivity index (χ0n) is 15.0. The molecular formula is C20H24O5. The first-order valence-corrected chi connectivity index (χ1v) is 8.97. The van der Waals surface area contributed by atoms with Crippen LogP contribution < -0.4 is 0 Å². The molecular weight excluding hydrogens is 320 g/mol. The van der Waals surface area contributed by atoms with Crippen molar-refractivity contribution in [3.8, 4) is 11.5 Å². The Hall–Kier alpha value is -2.04. The van der Waals surface area contributed by atoms with Crippen LogP contribution in [0.3, 0.4) is 0 Å². The van der Waals surface area contributed by atoms with E-state index >= 15 is 0 Å². The number of ether oxygens (including phenoxy) is 1. The Morgan fingerprint density at radius 3 is 2.48 bits per heavy atom. The molecule has 134 valence electrons. The number of hydrogen-bond donors (Lipinski definition) is 2. The van der Waals surface area contributed by atoms with Gasteiger partial charge >= 0.3 is 5.97 Å². The zero-order valence-corrected chi connectivity index (χ0v) is 15.0. The predicted octanol–water partition coefficient (Wildman–Crippen LogP) is 3.41. The van der Waals surface area contributed by atoms with Gasteiger partial charge in [0.15, 0.2) is 17.6 Å². The summed E-state index contributed by atoms with van der Waals surface area (Å²) in [6, 6.07) is 1.64. The Labute approximate surface area is 147 Å². The molecule has 1 aliphatic heterocycles. The molecule has 1 aromatic carbocycles. The summed E-state index contributed by atoms with van der Waals surface area (Å²) in [5.41, 5.74) is -0.158. The van der Waals surface area contributed by atoms with Crippen molar-refractivity contribution >= 4 is 11.8 Å². The van der Waals surface area contributed by atoms with E-state index in [1.807, 2.05) is 13.8 Å². The van der Waals surface area contributed by atoms with Gasteiger partial charge in [-0.05, 0) is 30.2 Å². The number of ketones is 1. The first-order chi connectivity index (χ1) is 11.6. The second-order valence-electron chi connectivity index (χ2n) is 8.72. The van der Waals surface area contributed by atoms with Crippen molar-refractivity contribution in [1.29, 1.82) is 0 Å². The maximum absolute atomic E-state index is 13.1. The fraction of sp³-hybridized carbons (Fsp3) is 0.600. The van der Waals surface area contributed by atoms with Crippen LogP contribution in [0.25, 0.3) is 0 Å². The second kappa shape index (κ2) is 4.77. The van der Waals surface area contributed by atoms with Gasteiger partial charge in [-0.1, -0.05) is 34.1 Å². The minimum atomic E-state index is -1.03. The summed E-state index contributed by atoms with van der Waals surface area (Å²) in [4.78, 5) is 26.1. The van der Waals surface area contributed by atoms with Gasteiger partial charge in [0.05, 0.1) is 0 Å². The average molecular weight is 344 g/mol. The van der Waals surface area contributed by atoms with Crippen LogP contribution in [0.15, 0.2) is 6.07 Å². The predicted molar refractivity (Wildman–Crippen MR) is 90.9 cm³/mol. The maximum atomic E-state index is 13.1. The van der Waals surface area contributed by atoms with Crippen LogP contribution >= 0.6 is 0 Å². The van der Waals surface area contributed by atoms with Crippen molar-refractivity contribution in [3.63, 3.8) is 0 Å². The molecule has 1 aromatic rings. The first-order valence-electron chi connectivity index (χ1n) is 8.97. The van der Waals surface area contributed by atoms with Crippen LogP contribution in [0.1, 0.15) is 74.4 Å². The molecule has 1 heterocycles. The number of carbonyl (C=O) groups excluding carboxylic acids is 2. The fourth-order valence-electron chi connectivity index (χ4n) is 5.49. The summed E-state index contributed by atoms with van der Waals surface area (Å²) in [5.74, 6) is -1.61. The van der Waals surface area contributed by atoms with Crippen molar-refractivity contribution in [1.82, 2.24) is 0 Å². The van der Waals surface area contributed by atoms with Gasteiger partial charge in [0, 0.05) is 22.6 Å². The van der Waals surface area contributed by atoms with Crippen LogP contribution in [0.4, 0.5) is 0 Å². The summed E-state index contributed by atoms with van der Waals surface area (Å²) >= 11 is 0. The first kappa shape index (κ1) is 16.4. The van der Waals surface area contributed by atoms with E-state index in [-0.39, 0.29) is 40.1 Å². The molecule has 2 fully saturated rings. The quantitative estimate of drug-likeness (QED) is 0.602. The molecule has 2 N–H and O–H groups in total. The molecule has 2 aliphatic carbocycles. The average Bonchev–Trinajstić information content (AvgIpc) is 2.79. The Balaban J connectivity index is 2.08. The molecule has 0 radical (unpaired) electrons. The minimum absolute atomic E-state index is 0.0590. The maximum Gasteiger partial charge on any atom is 0.317 e. The molecule has 0 spiro atoms. The van der Waals surface area contributed by atoms with Crippen LogP contribution in [0, 0.1) is 11.3 Å². The lowest BCUT2D eigenvalue weighted by Crippen LogP contribution is -2.54. The monoisotopic (exact) mass is 344 g/mol. The lowest BCUT2D eigenvalue weighted by Gasteiger charge is -2.49. The SMILES string of the molecule is CC(C)c1cc2c(c(O)c1O)[C@]13CCCC(C)(C)[C@@H]1[C@@H](OC3=O)C2=O. The summed E-state index contributed by atoms with van der Waals surface area (Å²) < 4.78 is 5.57. The smallest absolute Gasteiger partial charge is 0.317 e. The summed E-state index contributed by atoms with van der Waals surface area (Å²) in [5, 5.41) is 21.3. The van der Waals surface area contributed by atoms with Gasteiger partial charge in [0.25, 0.3) is 0 Å². The molecule has 0 unspecified atom stereocenters. The number of phenols is 2. The Bertz CT molecular complexity index is 807. The highest BCUT2D eigenvalue weighted by molar-refractivity contribution is 6.10. The fourth-order valence-corrected chi connectivity index (χ4v) is 5.49. The molecule has 5 nitrogen and oxygen atoms in total. The number of Topliss-reactive ketones (excluding diaryl/α,β-unsaturated/α-hetero) is 1. The molecule has 0 amide bonds. The molecule has 3 atom stereocenters. The van der Waals surface area contributed by atoms with E-state index in [0.29, 0.717) is 17.5 Å². The van der Waals surface area contributed by atoms with E-state index < -0.39 is 17.5 Å². The van der Waals surface area contributed by atoms with Crippen LogP contribution in [-0.2, 0) is 14.9 Å². The summed E-state index contributed by atoms with van der Waals surface area (Å²) in [7, 11) is 0. The third-order valence-corrected chi connectivity index (χ3v) is 6.56. The van der Waals surface area contributed by atoms with Gasteiger partial charge in [-0.25, -0.2) is 0 Å². The van der Waals surface area contributed by atoms with Crippen LogP contribution in [-0.4, -0.2) is 28.1 Å². The van der Waals surface area contributed by atoms with Gasteiger partial charge in [0.1, 0.15) is 5.41 Å². The number of benzene rings is 1. The van der Waals surface area contributed by atoms with Crippen molar-refractivity contribution in [2.45, 2.75) is 64.4 Å². The lowest BCUT2D eigenvalue weighted by molar-refractivity contribution is -0.144. The number of fused-ring (bicyclic) bond motifs is 1.